The number of nitrogens with two attached hydrogens (primary N) is 1. The number of carbonyl (C=O) groups excluding carboxylic acids is 1. The molecule has 1 amide bonds. The molecule has 0 fully saturated rings. The highest BCUT2D eigenvalue weighted by atomic mass is 35.5. The van der Waals surface area contributed by atoms with Gasteiger partial charge in [0.1, 0.15) is 0 Å². The highest BCUT2D eigenvalue weighted by molar-refractivity contribution is 6.28. The van der Waals surface area contributed by atoms with Crippen LogP contribution >= 0.6 is 11.6 Å². The van der Waals surface area contributed by atoms with Gasteiger partial charge >= 0.3 is 11.7 Å². The summed E-state index contributed by atoms with van der Waals surface area (Å²) >= 11 is 5.77. The van der Waals surface area contributed by atoms with Gasteiger partial charge in [0.25, 0.3) is 0 Å². The zero-order valence-corrected chi connectivity index (χ0v) is 21.0. The first kappa shape index (κ1) is 27.1. The summed E-state index contributed by atoms with van der Waals surface area (Å²) in [5.41, 5.74) is -1.18. The number of aromatic nitrogens is 6. The van der Waals surface area contributed by atoms with E-state index in [9.17, 15) is 9.59 Å². The molecule has 180 valence electrons. The maximum absolute atomic E-state index is 11.8. The monoisotopic (exact) mass is 470 g/mol. The topological polar surface area (TPSA) is 158 Å². The number of rotatable bonds is 4. The molecular weight excluding hydrogens is 436 g/mol. The molecule has 0 aliphatic carbocycles. The Morgan fingerprint density at radius 1 is 1.06 bits per heavy atom. The third-order valence-electron chi connectivity index (χ3n) is 3.46. The van der Waals surface area contributed by atoms with Crippen molar-refractivity contribution in [2.45, 2.75) is 79.3 Å². The summed E-state index contributed by atoms with van der Waals surface area (Å²) in [6.45, 7) is 17.9. The van der Waals surface area contributed by atoms with Crippen LogP contribution in [-0.2, 0) is 0 Å². The zero-order chi connectivity index (χ0) is 24.9. The van der Waals surface area contributed by atoms with Crippen LogP contribution in [0.2, 0.25) is 5.28 Å². The van der Waals surface area contributed by atoms with Gasteiger partial charge in [0.05, 0.1) is 0 Å². The number of amides is 1. The van der Waals surface area contributed by atoms with Gasteiger partial charge in [0.15, 0.2) is 5.82 Å². The second-order valence-electron chi connectivity index (χ2n) is 9.41. The standard InChI is InChI=1S/C10H19N5O2.C9H16ClN5/c1-6(2)7-13-15(9(17)14(7)11)8(16)12-10(3,4)5;1-5-11-7-12-6(10)13-8(14-7)15-9(2,3)4/h6H,11H2,1-5H3,(H,12,16);5H2,1-4H3,(H2,11,12,13,14,15). The largest absolute Gasteiger partial charge is 0.373 e. The van der Waals surface area contributed by atoms with Crippen molar-refractivity contribution in [3.63, 3.8) is 0 Å². The van der Waals surface area contributed by atoms with Crippen LogP contribution in [0.1, 0.15) is 74.1 Å². The second kappa shape index (κ2) is 10.6. The number of halogens is 1. The Bertz CT molecular complexity index is 970. The molecule has 0 saturated heterocycles. The Hall–Kier alpha value is -2.89. The maximum atomic E-state index is 11.8. The first-order valence-corrected chi connectivity index (χ1v) is 10.6. The molecule has 12 nitrogen and oxygen atoms in total. The molecule has 2 aromatic heterocycles. The first-order valence-electron chi connectivity index (χ1n) is 10.3. The van der Waals surface area contributed by atoms with Gasteiger partial charge in [-0.05, 0) is 60.1 Å². The molecule has 0 aromatic carbocycles. The Labute approximate surface area is 193 Å². The minimum absolute atomic E-state index is 0.0311. The lowest BCUT2D eigenvalue weighted by Gasteiger charge is -2.20. The van der Waals surface area contributed by atoms with Gasteiger partial charge in [-0.25, -0.2) is 9.59 Å². The van der Waals surface area contributed by atoms with E-state index in [1.165, 1.54) is 0 Å². The summed E-state index contributed by atoms with van der Waals surface area (Å²) in [5, 5.41) is 12.9. The SMILES string of the molecule is CC(C)c1nn(C(=O)NC(C)(C)C)c(=O)n1N.CCNc1nc(Cl)nc(NC(C)(C)C)n1. The van der Waals surface area contributed by atoms with E-state index in [0.29, 0.717) is 17.7 Å². The Morgan fingerprint density at radius 3 is 2.06 bits per heavy atom. The van der Waals surface area contributed by atoms with Crippen LogP contribution in [0, 0.1) is 0 Å². The molecule has 5 N–H and O–H groups in total. The van der Waals surface area contributed by atoms with Crippen LogP contribution in [-0.4, -0.2) is 53.1 Å². The van der Waals surface area contributed by atoms with E-state index >= 15 is 0 Å². The summed E-state index contributed by atoms with van der Waals surface area (Å²) in [7, 11) is 0. The van der Waals surface area contributed by atoms with Gasteiger partial charge < -0.3 is 21.8 Å². The number of hydrogen-bond donors (Lipinski definition) is 4. The number of hydrogen-bond acceptors (Lipinski definition) is 9. The number of nitrogen functional groups attached to an aromatic ring is 1. The van der Waals surface area contributed by atoms with E-state index in [4.69, 9.17) is 17.4 Å². The Morgan fingerprint density at radius 2 is 1.62 bits per heavy atom. The van der Waals surface area contributed by atoms with Crippen molar-refractivity contribution in [2.24, 2.45) is 0 Å². The van der Waals surface area contributed by atoms with E-state index in [1.54, 1.807) is 0 Å². The van der Waals surface area contributed by atoms with E-state index < -0.39 is 17.3 Å². The number of nitrogens with zero attached hydrogens (tertiary/aromatic N) is 6. The van der Waals surface area contributed by atoms with Crippen molar-refractivity contribution in [1.29, 1.82) is 0 Å². The number of nitrogens with one attached hydrogen (secondary N) is 3. The zero-order valence-electron chi connectivity index (χ0n) is 20.2. The fourth-order valence-electron chi connectivity index (χ4n) is 2.27. The van der Waals surface area contributed by atoms with Gasteiger partial charge in [0, 0.05) is 23.5 Å². The molecular formula is C19H35ClN10O2. The molecule has 2 heterocycles. The molecule has 32 heavy (non-hydrogen) atoms. The quantitative estimate of drug-likeness (QED) is 0.492. The summed E-state index contributed by atoms with van der Waals surface area (Å²) in [5.74, 6) is 6.86. The molecule has 0 saturated carbocycles. The minimum atomic E-state index is -0.643. The third kappa shape index (κ3) is 8.69. The van der Waals surface area contributed by atoms with Crippen molar-refractivity contribution in [3.05, 3.63) is 21.6 Å². The molecule has 0 radical (unpaired) electrons. The maximum Gasteiger partial charge on any atom is 0.373 e. The fraction of sp³-hybridized carbons (Fsp3) is 0.684. The summed E-state index contributed by atoms with van der Waals surface area (Å²) < 4.78 is 1.65. The molecule has 2 aromatic rings. The molecule has 0 bridgehead atoms. The van der Waals surface area contributed by atoms with Crippen molar-refractivity contribution in [1.82, 2.24) is 34.7 Å². The lowest BCUT2D eigenvalue weighted by Crippen LogP contribution is -2.47. The Kier molecular flexibility index (Phi) is 9.01. The fourth-order valence-corrected chi connectivity index (χ4v) is 2.43. The summed E-state index contributed by atoms with van der Waals surface area (Å²) in [6.07, 6.45) is 0. The van der Waals surface area contributed by atoms with Gasteiger partial charge in [0.2, 0.25) is 17.2 Å². The predicted molar refractivity (Wildman–Crippen MR) is 127 cm³/mol. The summed E-state index contributed by atoms with van der Waals surface area (Å²) in [4.78, 5) is 35.6. The number of anilines is 2. The van der Waals surface area contributed by atoms with Crippen LogP contribution in [0.5, 0.6) is 0 Å². The predicted octanol–water partition coefficient (Wildman–Crippen LogP) is 2.41. The molecule has 0 atom stereocenters. The van der Waals surface area contributed by atoms with E-state index in [-0.39, 0.29) is 16.7 Å². The van der Waals surface area contributed by atoms with E-state index in [1.807, 2.05) is 62.3 Å². The lowest BCUT2D eigenvalue weighted by molar-refractivity contribution is 0.229. The summed E-state index contributed by atoms with van der Waals surface area (Å²) in [6, 6.07) is -0.575. The molecule has 13 heteroatoms. The van der Waals surface area contributed by atoms with Gasteiger partial charge in [-0.1, -0.05) is 13.8 Å². The van der Waals surface area contributed by atoms with Crippen LogP contribution in [0.3, 0.4) is 0 Å². The molecule has 0 spiro atoms. The molecule has 2 rings (SSSR count). The highest BCUT2D eigenvalue weighted by Crippen LogP contribution is 2.13. The third-order valence-corrected chi connectivity index (χ3v) is 3.63. The minimum Gasteiger partial charge on any atom is -0.354 e. The van der Waals surface area contributed by atoms with Gasteiger partial charge in [-0.3, -0.25) is 0 Å². The van der Waals surface area contributed by atoms with Crippen molar-refractivity contribution in [2.75, 3.05) is 23.0 Å². The van der Waals surface area contributed by atoms with Crippen molar-refractivity contribution < 1.29 is 4.79 Å². The van der Waals surface area contributed by atoms with Crippen LogP contribution < -0.4 is 27.5 Å². The average Bonchev–Trinajstić information content (AvgIpc) is 2.88. The lowest BCUT2D eigenvalue weighted by atomic mass is 10.1. The highest BCUT2D eigenvalue weighted by Gasteiger charge is 2.22. The van der Waals surface area contributed by atoms with E-state index in [0.717, 1.165) is 15.9 Å². The Balaban J connectivity index is 0.000000323. The first-order chi connectivity index (χ1) is 14.5. The van der Waals surface area contributed by atoms with E-state index in [2.05, 4.69) is 36.0 Å². The number of carbonyl (C=O) groups is 1. The smallest absolute Gasteiger partial charge is 0.354 e. The molecule has 0 unspecified atom stereocenters. The molecule has 0 aliphatic rings. The van der Waals surface area contributed by atoms with Crippen molar-refractivity contribution in [3.8, 4) is 0 Å². The van der Waals surface area contributed by atoms with Crippen LogP contribution in [0.4, 0.5) is 16.7 Å². The second-order valence-corrected chi connectivity index (χ2v) is 9.75. The normalized spacial score (nSPS) is 11.6. The van der Waals surface area contributed by atoms with Crippen LogP contribution in [0.15, 0.2) is 4.79 Å². The average molecular weight is 471 g/mol. The molecule has 0 aliphatic heterocycles. The van der Waals surface area contributed by atoms with Gasteiger partial charge in [-0.15, -0.1) is 9.78 Å². The van der Waals surface area contributed by atoms with Crippen LogP contribution in [0.25, 0.3) is 0 Å². The van der Waals surface area contributed by atoms with Gasteiger partial charge in [-0.2, -0.15) is 19.6 Å². The van der Waals surface area contributed by atoms with Crippen molar-refractivity contribution >= 4 is 29.5 Å².